The number of Topliss-reactive ketones (excluding diaryl/α,β-unsaturated/α-hetero) is 1. The number of rotatable bonds is 12. The quantitative estimate of drug-likeness (QED) is 0.442. The molecule has 1 heterocycles. The first-order chi connectivity index (χ1) is 14.5. The van der Waals surface area contributed by atoms with E-state index in [9.17, 15) is 14.4 Å². The summed E-state index contributed by atoms with van der Waals surface area (Å²) in [4.78, 5) is 35.5. The van der Waals surface area contributed by atoms with Crippen LogP contribution in [0.4, 0.5) is 10.5 Å². The van der Waals surface area contributed by atoms with Crippen molar-refractivity contribution >= 4 is 23.4 Å². The molecule has 3 amide bonds. The number of unbranched alkanes of at least 4 members (excludes halogenated alkanes) is 3. The van der Waals surface area contributed by atoms with E-state index in [1.165, 1.54) is 5.56 Å². The number of aryl methyl sites for hydroxylation is 1. The zero-order valence-electron chi connectivity index (χ0n) is 18.0. The Balaban J connectivity index is 1.17. The Kier molecular flexibility index (Phi) is 8.29. The summed E-state index contributed by atoms with van der Waals surface area (Å²) < 4.78 is 0. The molecule has 30 heavy (non-hydrogen) atoms. The van der Waals surface area contributed by atoms with Gasteiger partial charge in [0.05, 0.1) is 12.1 Å². The summed E-state index contributed by atoms with van der Waals surface area (Å²) in [5.74, 6) is 0.919. The first-order valence-electron chi connectivity index (χ1n) is 11.5. The lowest BCUT2D eigenvalue weighted by molar-refractivity contribution is -0.119. The largest absolute Gasteiger partial charge is 0.333 e. The molecule has 3 unspecified atom stereocenters. The lowest BCUT2D eigenvalue weighted by Gasteiger charge is -2.17. The van der Waals surface area contributed by atoms with Crippen LogP contribution in [0, 0.1) is 12.8 Å². The second-order valence-electron chi connectivity index (χ2n) is 8.85. The van der Waals surface area contributed by atoms with E-state index in [-0.39, 0.29) is 18.0 Å². The van der Waals surface area contributed by atoms with Gasteiger partial charge < -0.3 is 16.0 Å². The zero-order valence-corrected chi connectivity index (χ0v) is 18.0. The second-order valence-corrected chi connectivity index (χ2v) is 8.85. The highest BCUT2D eigenvalue weighted by molar-refractivity contribution is 5.90. The molecule has 1 saturated heterocycles. The van der Waals surface area contributed by atoms with Crippen molar-refractivity contribution in [1.29, 1.82) is 0 Å². The molecular formula is C24H35N3O3. The van der Waals surface area contributed by atoms with Gasteiger partial charge in [-0.25, -0.2) is 4.79 Å². The summed E-state index contributed by atoms with van der Waals surface area (Å²) in [7, 11) is 0. The lowest BCUT2D eigenvalue weighted by Crippen LogP contribution is -2.33. The van der Waals surface area contributed by atoms with Gasteiger partial charge in [-0.15, -0.1) is 0 Å². The van der Waals surface area contributed by atoms with E-state index < -0.39 is 0 Å². The third-order valence-electron chi connectivity index (χ3n) is 6.38. The van der Waals surface area contributed by atoms with Gasteiger partial charge >= 0.3 is 6.03 Å². The van der Waals surface area contributed by atoms with Crippen LogP contribution in [0.1, 0.15) is 76.2 Å². The predicted molar refractivity (Wildman–Crippen MR) is 118 cm³/mol. The SMILES string of the molecule is Cc1ccc(NC(=O)CCCCCC(=O)CCCCC2CCC3NC(=O)NC23)cc1. The fraction of sp³-hybridized carbons (Fsp3) is 0.625. The van der Waals surface area contributed by atoms with Crippen molar-refractivity contribution in [3.8, 4) is 0 Å². The number of carbonyl (C=O) groups is 3. The van der Waals surface area contributed by atoms with E-state index in [1.807, 2.05) is 31.2 Å². The molecule has 0 bridgehead atoms. The number of hydrogen-bond donors (Lipinski definition) is 3. The average Bonchev–Trinajstić information content (AvgIpc) is 3.26. The standard InChI is InChI=1S/C24H35N3O3/c1-17-11-14-19(15-12-17)25-22(29)10-4-2-3-8-20(28)9-6-5-7-18-13-16-21-23(18)27-24(30)26-21/h11-12,14-15,18,21,23H,2-10,13,16H2,1H3,(H,25,29)(H2,26,27,30). The summed E-state index contributed by atoms with van der Waals surface area (Å²) >= 11 is 0. The summed E-state index contributed by atoms with van der Waals surface area (Å²) in [5.41, 5.74) is 2.00. The molecule has 0 spiro atoms. The van der Waals surface area contributed by atoms with Crippen molar-refractivity contribution in [3.63, 3.8) is 0 Å². The first kappa shape index (κ1) is 22.3. The van der Waals surface area contributed by atoms with E-state index in [2.05, 4.69) is 16.0 Å². The molecule has 1 aromatic rings. The molecule has 2 aliphatic rings. The number of hydrogen-bond acceptors (Lipinski definition) is 3. The van der Waals surface area contributed by atoms with Crippen molar-refractivity contribution in [3.05, 3.63) is 29.8 Å². The molecular weight excluding hydrogens is 378 g/mol. The molecule has 0 radical (unpaired) electrons. The van der Waals surface area contributed by atoms with E-state index >= 15 is 0 Å². The first-order valence-corrected chi connectivity index (χ1v) is 11.5. The Hall–Kier alpha value is -2.37. The van der Waals surface area contributed by atoms with Crippen molar-refractivity contribution in [2.45, 2.75) is 89.6 Å². The number of urea groups is 1. The summed E-state index contributed by atoms with van der Waals surface area (Å²) in [6.45, 7) is 2.02. The zero-order chi connectivity index (χ0) is 21.3. The van der Waals surface area contributed by atoms with Crippen LogP contribution in [-0.4, -0.2) is 29.8 Å². The maximum atomic E-state index is 12.1. The predicted octanol–water partition coefficient (Wildman–Crippen LogP) is 4.47. The molecule has 3 N–H and O–H groups in total. The lowest BCUT2D eigenvalue weighted by atomic mass is 9.95. The summed E-state index contributed by atoms with van der Waals surface area (Å²) in [6.07, 6.45) is 9.66. The average molecular weight is 414 g/mol. The number of nitrogens with one attached hydrogen (secondary N) is 3. The maximum absolute atomic E-state index is 12.1. The van der Waals surface area contributed by atoms with Crippen molar-refractivity contribution in [1.82, 2.24) is 10.6 Å². The number of benzene rings is 1. The van der Waals surface area contributed by atoms with Gasteiger partial charge in [0, 0.05) is 24.9 Å². The molecule has 6 nitrogen and oxygen atoms in total. The number of carbonyl (C=O) groups excluding carboxylic acids is 3. The van der Waals surface area contributed by atoms with E-state index in [0.29, 0.717) is 37.0 Å². The highest BCUT2D eigenvalue weighted by Gasteiger charge is 2.41. The number of amides is 3. The molecule has 6 heteroatoms. The van der Waals surface area contributed by atoms with Crippen LogP contribution in [0.2, 0.25) is 0 Å². The van der Waals surface area contributed by atoms with Gasteiger partial charge in [-0.05, 0) is 63.5 Å². The van der Waals surface area contributed by atoms with Crippen LogP contribution in [0.15, 0.2) is 24.3 Å². The monoisotopic (exact) mass is 413 g/mol. The van der Waals surface area contributed by atoms with Crippen LogP contribution in [0.5, 0.6) is 0 Å². The van der Waals surface area contributed by atoms with Gasteiger partial charge in [-0.3, -0.25) is 9.59 Å². The Morgan fingerprint density at radius 2 is 1.63 bits per heavy atom. The molecule has 1 aliphatic carbocycles. The van der Waals surface area contributed by atoms with E-state index in [1.54, 1.807) is 0 Å². The Labute approximate surface area is 179 Å². The third kappa shape index (κ3) is 6.85. The van der Waals surface area contributed by atoms with Crippen LogP contribution in [0.3, 0.4) is 0 Å². The van der Waals surface area contributed by atoms with Crippen LogP contribution >= 0.6 is 0 Å². The van der Waals surface area contributed by atoms with Crippen LogP contribution in [0.25, 0.3) is 0 Å². The summed E-state index contributed by atoms with van der Waals surface area (Å²) in [5, 5.41) is 8.92. The van der Waals surface area contributed by atoms with Gasteiger partial charge in [-0.1, -0.05) is 30.5 Å². The Morgan fingerprint density at radius 1 is 0.933 bits per heavy atom. The Morgan fingerprint density at radius 3 is 2.40 bits per heavy atom. The fourth-order valence-electron chi connectivity index (χ4n) is 4.65. The van der Waals surface area contributed by atoms with Gasteiger partial charge in [0.2, 0.25) is 5.91 Å². The maximum Gasteiger partial charge on any atom is 0.315 e. The highest BCUT2D eigenvalue weighted by atomic mass is 16.2. The van der Waals surface area contributed by atoms with Crippen molar-refractivity contribution in [2.75, 3.05) is 5.32 Å². The normalized spacial score (nSPS) is 22.3. The fourth-order valence-corrected chi connectivity index (χ4v) is 4.65. The number of ketones is 1. The highest BCUT2D eigenvalue weighted by Crippen LogP contribution is 2.32. The molecule has 1 saturated carbocycles. The van der Waals surface area contributed by atoms with Crippen LogP contribution in [-0.2, 0) is 9.59 Å². The topological polar surface area (TPSA) is 87.3 Å². The smallest absolute Gasteiger partial charge is 0.315 e. The third-order valence-corrected chi connectivity index (χ3v) is 6.38. The number of fused-ring (bicyclic) bond motifs is 1. The van der Waals surface area contributed by atoms with E-state index in [4.69, 9.17) is 0 Å². The van der Waals surface area contributed by atoms with Gasteiger partial charge in [0.25, 0.3) is 0 Å². The van der Waals surface area contributed by atoms with Gasteiger partial charge in [-0.2, -0.15) is 0 Å². The minimum atomic E-state index is -0.0301. The molecule has 164 valence electrons. The Bertz CT molecular complexity index is 732. The molecule has 1 aromatic carbocycles. The van der Waals surface area contributed by atoms with E-state index in [0.717, 1.165) is 57.1 Å². The van der Waals surface area contributed by atoms with Crippen LogP contribution < -0.4 is 16.0 Å². The molecule has 0 aromatic heterocycles. The molecule has 1 aliphatic heterocycles. The minimum Gasteiger partial charge on any atom is -0.333 e. The molecule has 3 rings (SSSR count). The molecule has 3 atom stereocenters. The minimum absolute atomic E-state index is 0.0301. The summed E-state index contributed by atoms with van der Waals surface area (Å²) in [6, 6.07) is 8.36. The number of anilines is 1. The van der Waals surface area contributed by atoms with Crippen molar-refractivity contribution < 1.29 is 14.4 Å². The van der Waals surface area contributed by atoms with Crippen molar-refractivity contribution in [2.24, 2.45) is 5.92 Å². The van der Waals surface area contributed by atoms with Gasteiger partial charge in [0.1, 0.15) is 5.78 Å². The second kappa shape index (κ2) is 11.1. The van der Waals surface area contributed by atoms with Gasteiger partial charge in [0.15, 0.2) is 0 Å². The molecule has 2 fully saturated rings.